The molecule has 2 rings (SSSR count). The van der Waals surface area contributed by atoms with Gasteiger partial charge < -0.3 is 10.5 Å². The first kappa shape index (κ1) is 12.4. The van der Waals surface area contributed by atoms with Crippen LogP contribution in [0.2, 0.25) is 0 Å². The Morgan fingerprint density at radius 1 is 1.53 bits per heavy atom. The van der Waals surface area contributed by atoms with Crippen molar-refractivity contribution in [3.63, 3.8) is 0 Å². The topological polar surface area (TPSA) is 67.9 Å². The zero-order valence-electron chi connectivity index (χ0n) is 11.0. The Kier molecular flexibility index (Phi) is 2.69. The van der Waals surface area contributed by atoms with Crippen molar-refractivity contribution in [2.24, 2.45) is 16.3 Å². The van der Waals surface area contributed by atoms with Crippen LogP contribution in [0.5, 0.6) is 0 Å². The lowest BCUT2D eigenvalue weighted by atomic mass is 10.0. The molecule has 1 aliphatic carbocycles. The maximum absolute atomic E-state index is 11.9. The van der Waals surface area contributed by atoms with Crippen molar-refractivity contribution in [3.8, 4) is 0 Å². The molecular formula is C12H21N3O2. The van der Waals surface area contributed by atoms with Crippen LogP contribution in [0.3, 0.4) is 0 Å². The molecule has 1 fully saturated rings. The molecular weight excluding hydrogens is 218 g/mol. The van der Waals surface area contributed by atoms with Crippen LogP contribution in [0.4, 0.5) is 4.79 Å². The Bertz CT molecular complexity index is 366. The van der Waals surface area contributed by atoms with E-state index in [4.69, 9.17) is 10.5 Å². The predicted octanol–water partition coefficient (Wildman–Crippen LogP) is 2.07. The molecule has 96 valence electrons. The second kappa shape index (κ2) is 3.70. The van der Waals surface area contributed by atoms with Crippen LogP contribution in [0.1, 0.15) is 47.0 Å². The molecule has 0 saturated heterocycles. The van der Waals surface area contributed by atoms with Gasteiger partial charge in [-0.2, -0.15) is 10.1 Å². The highest BCUT2D eigenvalue weighted by atomic mass is 16.6. The van der Waals surface area contributed by atoms with Crippen LogP contribution < -0.4 is 5.73 Å². The lowest BCUT2D eigenvalue weighted by molar-refractivity contribution is 0.0202. The molecule has 5 heteroatoms. The van der Waals surface area contributed by atoms with E-state index >= 15 is 0 Å². The maximum atomic E-state index is 11.9. The van der Waals surface area contributed by atoms with Crippen LogP contribution in [0.15, 0.2) is 5.10 Å². The van der Waals surface area contributed by atoms with E-state index in [2.05, 4.69) is 12.0 Å². The molecule has 2 aliphatic rings. The van der Waals surface area contributed by atoms with Crippen LogP contribution in [0, 0.1) is 5.41 Å². The van der Waals surface area contributed by atoms with Gasteiger partial charge >= 0.3 is 6.09 Å². The van der Waals surface area contributed by atoms with Gasteiger partial charge in [0.25, 0.3) is 0 Å². The molecule has 1 atom stereocenters. The van der Waals surface area contributed by atoms with Gasteiger partial charge in [-0.1, -0.05) is 6.92 Å². The minimum Gasteiger partial charge on any atom is -0.442 e. The lowest BCUT2D eigenvalue weighted by Crippen LogP contribution is -2.42. The standard InChI is InChI=1S/C12H21N3O2/c1-11(2,3)17-10(16)15-9(13)7-8(14-15)12(4)5-6-12/h9H,5-7,13H2,1-4H3. The normalized spacial score (nSPS) is 26.8. The highest BCUT2D eigenvalue weighted by molar-refractivity contribution is 5.95. The molecule has 0 bridgehead atoms. The Morgan fingerprint density at radius 3 is 2.59 bits per heavy atom. The molecule has 0 radical (unpaired) electrons. The first-order valence-electron chi connectivity index (χ1n) is 6.07. The smallest absolute Gasteiger partial charge is 0.432 e. The van der Waals surface area contributed by atoms with E-state index in [9.17, 15) is 4.79 Å². The fraction of sp³-hybridized carbons (Fsp3) is 0.833. The predicted molar refractivity (Wildman–Crippen MR) is 65.4 cm³/mol. The Balaban J connectivity index is 2.06. The first-order chi connectivity index (χ1) is 7.71. The molecule has 0 aromatic carbocycles. The van der Waals surface area contributed by atoms with Gasteiger partial charge in [0.2, 0.25) is 0 Å². The number of ether oxygens (including phenoxy) is 1. The zero-order chi connectivity index (χ0) is 12.8. The van der Waals surface area contributed by atoms with Crippen molar-refractivity contribution in [2.75, 3.05) is 0 Å². The van der Waals surface area contributed by atoms with Gasteiger partial charge in [-0.15, -0.1) is 0 Å². The summed E-state index contributed by atoms with van der Waals surface area (Å²) >= 11 is 0. The molecule has 2 N–H and O–H groups in total. The SMILES string of the molecule is CC(C)(C)OC(=O)N1N=C(C2(C)CC2)CC1N. The summed E-state index contributed by atoms with van der Waals surface area (Å²) in [6.07, 6.45) is 2.11. The largest absolute Gasteiger partial charge is 0.442 e. The third-order valence-electron chi connectivity index (χ3n) is 3.22. The lowest BCUT2D eigenvalue weighted by Gasteiger charge is -2.24. The van der Waals surface area contributed by atoms with Gasteiger partial charge in [0, 0.05) is 17.5 Å². The van der Waals surface area contributed by atoms with E-state index < -0.39 is 11.7 Å². The van der Waals surface area contributed by atoms with E-state index in [0.29, 0.717) is 6.42 Å². The van der Waals surface area contributed by atoms with E-state index in [1.54, 1.807) is 0 Å². The van der Waals surface area contributed by atoms with Crippen molar-refractivity contribution < 1.29 is 9.53 Å². The number of hydrogen-bond donors (Lipinski definition) is 1. The average Bonchev–Trinajstić information content (AvgIpc) is 2.75. The van der Waals surface area contributed by atoms with Crippen molar-refractivity contribution >= 4 is 11.8 Å². The average molecular weight is 239 g/mol. The second-order valence-corrected chi connectivity index (χ2v) is 6.20. The molecule has 1 saturated carbocycles. The molecule has 17 heavy (non-hydrogen) atoms. The summed E-state index contributed by atoms with van der Waals surface area (Å²) in [5, 5.41) is 5.62. The summed E-state index contributed by atoms with van der Waals surface area (Å²) in [5.41, 5.74) is 6.62. The summed E-state index contributed by atoms with van der Waals surface area (Å²) in [4.78, 5) is 11.9. The van der Waals surface area contributed by atoms with Crippen molar-refractivity contribution in [2.45, 2.75) is 58.7 Å². The number of carbonyl (C=O) groups is 1. The molecule has 5 nitrogen and oxygen atoms in total. The van der Waals surface area contributed by atoms with Crippen LogP contribution in [0.25, 0.3) is 0 Å². The number of amides is 1. The highest BCUT2D eigenvalue weighted by Gasteiger charge is 2.47. The number of nitrogens with zero attached hydrogens (tertiary/aromatic N) is 2. The van der Waals surface area contributed by atoms with Gasteiger partial charge in [0.05, 0.1) is 0 Å². The second-order valence-electron chi connectivity index (χ2n) is 6.20. The van der Waals surface area contributed by atoms with Crippen molar-refractivity contribution in [1.29, 1.82) is 0 Å². The monoisotopic (exact) mass is 239 g/mol. The molecule has 0 aromatic rings. The number of hydrogen-bond acceptors (Lipinski definition) is 4. The van der Waals surface area contributed by atoms with E-state index in [1.807, 2.05) is 20.8 Å². The summed E-state index contributed by atoms with van der Waals surface area (Å²) < 4.78 is 5.27. The van der Waals surface area contributed by atoms with Gasteiger partial charge in [-0.25, -0.2) is 4.79 Å². The highest BCUT2D eigenvalue weighted by Crippen LogP contribution is 2.48. The minimum absolute atomic E-state index is 0.175. The fourth-order valence-electron chi connectivity index (χ4n) is 1.86. The maximum Gasteiger partial charge on any atom is 0.432 e. The Hall–Kier alpha value is -1.10. The third-order valence-corrected chi connectivity index (χ3v) is 3.22. The number of rotatable bonds is 1. The zero-order valence-corrected chi connectivity index (χ0v) is 11.0. The number of hydrazone groups is 1. The van der Waals surface area contributed by atoms with Crippen LogP contribution >= 0.6 is 0 Å². The van der Waals surface area contributed by atoms with Gasteiger partial charge in [-0.05, 0) is 33.6 Å². The molecule has 1 unspecified atom stereocenters. The first-order valence-corrected chi connectivity index (χ1v) is 6.07. The van der Waals surface area contributed by atoms with Gasteiger partial charge in [-0.3, -0.25) is 0 Å². The molecule has 1 heterocycles. The summed E-state index contributed by atoms with van der Waals surface area (Å²) in [6, 6.07) is 0. The van der Waals surface area contributed by atoms with Crippen LogP contribution in [-0.4, -0.2) is 28.6 Å². The third kappa shape index (κ3) is 2.60. The summed E-state index contributed by atoms with van der Waals surface area (Å²) in [5.74, 6) is 0. The van der Waals surface area contributed by atoms with E-state index in [1.165, 1.54) is 5.01 Å². The van der Waals surface area contributed by atoms with Gasteiger partial charge in [0.1, 0.15) is 11.8 Å². The number of nitrogens with two attached hydrogens (primary N) is 1. The van der Waals surface area contributed by atoms with Gasteiger partial charge in [0.15, 0.2) is 0 Å². The fourth-order valence-corrected chi connectivity index (χ4v) is 1.86. The molecule has 0 spiro atoms. The molecule has 1 aliphatic heterocycles. The quantitative estimate of drug-likeness (QED) is 0.761. The Morgan fingerprint density at radius 2 is 2.12 bits per heavy atom. The van der Waals surface area contributed by atoms with E-state index in [-0.39, 0.29) is 11.6 Å². The van der Waals surface area contributed by atoms with Crippen LogP contribution in [-0.2, 0) is 4.74 Å². The van der Waals surface area contributed by atoms with E-state index in [0.717, 1.165) is 18.6 Å². The van der Waals surface area contributed by atoms with Crippen molar-refractivity contribution in [3.05, 3.63) is 0 Å². The summed E-state index contributed by atoms with van der Waals surface area (Å²) in [6.45, 7) is 7.66. The number of carbonyl (C=O) groups excluding carboxylic acids is 1. The summed E-state index contributed by atoms with van der Waals surface area (Å²) in [7, 11) is 0. The molecule has 1 amide bonds. The van der Waals surface area contributed by atoms with Crippen molar-refractivity contribution in [1.82, 2.24) is 5.01 Å². The molecule has 0 aromatic heterocycles. The minimum atomic E-state index is -0.515. The Labute approximate surface area is 102 Å².